The summed E-state index contributed by atoms with van der Waals surface area (Å²) in [6.45, 7) is 0. The molecule has 2 nitrogen and oxygen atoms in total. The first-order chi connectivity index (χ1) is 10.6. The summed E-state index contributed by atoms with van der Waals surface area (Å²) < 4.78 is 8.27. The Labute approximate surface area is 146 Å². The molecule has 111 valence electrons. The molecular formula is C18H16BrO2Sn. The van der Waals surface area contributed by atoms with E-state index in [4.69, 9.17) is 4.74 Å². The number of carbonyl (C=O) groups excluding carboxylic acids is 1. The Kier molecular flexibility index (Phi) is 4.73. The van der Waals surface area contributed by atoms with Gasteiger partial charge in [0.2, 0.25) is 0 Å². The van der Waals surface area contributed by atoms with Crippen molar-refractivity contribution in [3.8, 4) is 5.75 Å². The van der Waals surface area contributed by atoms with Crippen LogP contribution in [0.25, 0.3) is 5.57 Å². The van der Waals surface area contributed by atoms with Gasteiger partial charge in [-0.25, -0.2) is 0 Å². The zero-order valence-corrected chi connectivity index (χ0v) is 16.9. The number of hydrogen-bond acceptors (Lipinski definition) is 2. The molecule has 0 saturated heterocycles. The van der Waals surface area contributed by atoms with Gasteiger partial charge in [0.1, 0.15) is 0 Å². The Morgan fingerprint density at radius 1 is 1.14 bits per heavy atom. The van der Waals surface area contributed by atoms with Gasteiger partial charge in [0.25, 0.3) is 0 Å². The van der Waals surface area contributed by atoms with Crippen molar-refractivity contribution >= 4 is 47.5 Å². The zero-order chi connectivity index (χ0) is 15.7. The first-order valence-corrected chi connectivity index (χ1v) is 15.1. The predicted molar refractivity (Wildman–Crippen MR) is 94.4 cm³/mol. The maximum atomic E-state index is 11.9. The fraction of sp³-hybridized carbons (Fsp3) is 0.167. The second kappa shape index (κ2) is 6.59. The predicted octanol–water partition coefficient (Wildman–Crippen LogP) is 4.83. The van der Waals surface area contributed by atoms with Crippen LogP contribution in [0.4, 0.5) is 0 Å². The molecule has 0 bridgehead atoms. The number of aldehydes is 1. The molecule has 0 aromatic heterocycles. The van der Waals surface area contributed by atoms with Crippen LogP contribution < -0.4 is 4.74 Å². The summed E-state index contributed by atoms with van der Waals surface area (Å²) in [5.41, 5.74) is 3.08. The standard InChI is InChI=1S/C16H10BrO2.2CH3.Sn/c17-12-6-7-16-13(8-12)14(9-18)15(10-19-16)11-4-2-1-3-5-11;;;/h1-9,14H;2*1H3;. The quantitative estimate of drug-likeness (QED) is 0.482. The summed E-state index contributed by atoms with van der Waals surface area (Å²) in [5.74, 6) is 0.561. The topological polar surface area (TPSA) is 26.3 Å². The molecule has 1 aliphatic rings. The average Bonchev–Trinajstić information content (AvgIpc) is 2.53. The molecular weight excluding hydrogens is 447 g/mol. The second-order valence-corrected chi connectivity index (χ2v) is 13.4. The van der Waals surface area contributed by atoms with Crippen LogP contribution in [0.15, 0.2) is 56.8 Å². The van der Waals surface area contributed by atoms with Gasteiger partial charge in [0.15, 0.2) is 0 Å². The van der Waals surface area contributed by atoms with Crippen LogP contribution in [0.5, 0.6) is 5.75 Å². The van der Waals surface area contributed by atoms with Crippen molar-refractivity contribution in [1.29, 1.82) is 0 Å². The van der Waals surface area contributed by atoms with Crippen LogP contribution in [0.2, 0.25) is 9.88 Å². The third kappa shape index (κ3) is 2.88. The van der Waals surface area contributed by atoms with Crippen LogP contribution in [0.1, 0.15) is 17.0 Å². The molecule has 22 heavy (non-hydrogen) atoms. The normalized spacial score (nSPS) is 17.2. The van der Waals surface area contributed by atoms with Crippen molar-refractivity contribution in [2.45, 2.75) is 15.8 Å². The van der Waals surface area contributed by atoms with Crippen molar-refractivity contribution in [1.82, 2.24) is 0 Å². The Hall–Kier alpha value is -1.07. The van der Waals surface area contributed by atoms with Crippen molar-refractivity contribution in [3.05, 3.63) is 67.9 Å². The van der Waals surface area contributed by atoms with Gasteiger partial charge in [-0.2, -0.15) is 0 Å². The van der Waals surface area contributed by atoms with Crippen molar-refractivity contribution < 1.29 is 9.53 Å². The molecule has 0 amide bonds. The molecule has 1 atom stereocenters. The van der Waals surface area contributed by atoms with Gasteiger partial charge in [-0.15, -0.1) is 0 Å². The molecule has 2 aromatic carbocycles. The number of benzene rings is 2. The third-order valence-corrected chi connectivity index (χ3v) is 7.90. The van der Waals surface area contributed by atoms with Crippen molar-refractivity contribution in [2.75, 3.05) is 0 Å². The molecule has 0 saturated carbocycles. The van der Waals surface area contributed by atoms with E-state index < -0.39 is 19.8 Å². The van der Waals surface area contributed by atoms with Gasteiger partial charge < -0.3 is 0 Å². The molecule has 0 spiro atoms. The van der Waals surface area contributed by atoms with E-state index in [0.29, 0.717) is 0 Å². The van der Waals surface area contributed by atoms with Crippen molar-refractivity contribution in [3.63, 3.8) is 0 Å². The fourth-order valence-corrected chi connectivity index (χ4v) is 6.43. The molecule has 0 aliphatic carbocycles. The molecule has 0 fully saturated rings. The molecule has 1 heterocycles. The molecule has 1 aliphatic heterocycles. The van der Waals surface area contributed by atoms with E-state index in [1.165, 1.54) is 0 Å². The van der Waals surface area contributed by atoms with E-state index in [1.807, 2.05) is 36.4 Å². The van der Waals surface area contributed by atoms with Gasteiger partial charge in [0.05, 0.1) is 0 Å². The number of carbonyl (C=O) groups is 1. The zero-order valence-electron chi connectivity index (χ0n) is 12.5. The van der Waals surface area contributed by atoms with Gasteiger partial charge in [0, 0.05) is 0 Å². The Morgan fingerprint density at radius 2 is 1.86 bits per heavy atom. The number of rotatable bonds is 3. The Bertz CT molecular complexity index is 738. The first-order valence-electron chi connectivity index (χ1n) is 7.14. The van der Waals surface area contributed by atoms with Crippen LogP contribution in [-0.4, -0.2) is 26.0 Å². The monoisotopic (exact) mass is 463 g/mol. The minimum atomic E-state index is -1.81. The third-order valence-electron chi connectivity index (χ3n) is 3.75. The van der Waals surface area contributed by atoms with Gasteiger partial charge >= 0.3 is 147 Å². The molecule has 4 heteroatoms. The molecule has 1 unspecified atom stereocenters. The van der Waals surface area contributed by atoms with E-state index >= 15 is 0 Å². The van der Waals surface area contributed by atoms with Crippen molar-refractivity contribution in [2.24, 2.45) is 0 Å². The van der Waals surface area contributed by atoms with Crippen LogP contribution in [0, 0.1) is 0 Å². The SMILES string of the molecule is [CH3][Sn]([CH3])[C]1=C(c2ccccc2)C(C=O)c2cc(Br)ccc2O1. The maximum absolute atomic E-state index is 11.9. The second-order valence-electron chi connectivity index (χ2n) is 5.51. The van der Waals surface area contributed by atoms with E-state index in [0.717, 1.165) is 37.0 Å². The van der Waals surface area contributed by atoms with Gasteiger partial charge in [-0.05, 0) is 0 Å². The summed E-state index contributed by atoms with van der Waals surface area (Å²) in [4.78, 5) is 16.5. The fourth-order valence-electron chi connectivity index (χ4n) is 2.76. The summed E-state index contributed by atoms with van der Waals surface area (Å²) in [7, 11) is 0. The summed E-state index contributed by atoms with van der Waals surface area (Å²) >= 11 is 1.69. The summed E-state index contributed by atoms with van der Waals surface area (Å²) in [6.07, 6.45) is 1.04. The van der Waals surface area contributed by atoms with E-state index in [1.54, 1.807) is 0 Å². The van der Waals surface area contributed by atoms with Crippen LogP contribution >= 0.6 is 15.9 Å². The van der Waals surface area contributed by atoms with E-state index in [-0.39, 0.29) is 5.92 Å². The molecule has 0 N–H and O–H groups in total. The van der Waals surface area contributed by atoms with Crippen LogP contribution in [0.3, 0.4) is 0 Å². The minimum absolute atomic E-state index is 0.255. The molecule has 1 radical (unpaired) electrons. The number of halogens is 1. The summed E-state index contributed by atoms with van der Waals surface area (Å²) in [6, 6.07) is 16.0. The molecule has 2 aromatic rings. The summed E-state index contributed by atoms with van der Waals surface area (Å²) in [5, 5.41) is 0. The van der Waals surface area contributed by atoms with Gasteiger partial charge in [-0.3, -0.25) is 0 Å². The number of hydrogen-bond donors (Lipinski definition) is 0. The number of fused-ring (bicyclic) bond motifs is 1. The number of ether oxygens (including phenoxy) is 1. The molecule has 3 rings (SSSR count). The van der Waals surface area contributed by atoms with E-state index in [2.05, 4.69) is 37.9 Å². The first kappa shape index (κ1) is 15.8. The van der Waals surface area contributed by atoms with E-state index in [9.17, 15) is 4.79 Å². The Morgan fingerprint density at radius 3 is 2.50 bits per heavy atom. The Balaban J connectivity index is 2.23. The van der Waals surface area contributed by atoms with Gasteiger partial charge in [-0.1, -0.05) is 0 Å². The van der Waals surface area contributed by atoms with Crippen LogP contribution in [-0.2, 0) is 4.79 Å². The number of allylic oxidation sites excluding steroid dienone is 1. The average molecular weight is 463 g/mol.